The summed E-state index contributed by atoms with van der Waals surface area (Å²) >= 11 is 0. The topological polar surface area (TPSA) is 63.2 Å². The van der Waals surface area contributed by atoms with Crippen molar-refractivity contribution in [3.8, 4) is 0 Å². The summed E-state index contributed by atoms with van der Waals surface area (Å²) in [5.41, 5.74) is 0.0839. The largest absolute Gasteiger partial charge is 0.349 e. The van der Waals surface area contributed by atoms with Gasteiger partial charge in [-0.25, -0.2) is 0 Å². The van der Waals surface area contributed by atoms with Gasteiger partial charge in [-0.3, -0.25) is 4.79 Å². The minimum atomic E-state index is -4.78. The Morgan fingerprint density at radius 3 is 2.75 bits per heavy atom. The minimum absolute atomic E-state index is 0.0839. The maximum absolute atomic E-state index is 12.6. The van der Waals surface area contributed by atoms with E-state index in [0.717, 1.165) is 12.1 Å². The van der Waals surface area contributed by atoms with Crippen LogP contribution in [-0.2, 0) is 10.2 Å². The molecule has 1 aromatic rings. The van der Waals surface area contributed by atoms with E-state index in [0.29, 0.717) is 0 Å². The van der Waals surface area contributed by atoms with Gasteiger partial charge in [0.15, 0.2) is 0 Å². The lowest BCUT2D eigenvalue weighted by Crippen LogP contribution is -2.23. The second kappa shape index (κ2) is 4.89. The average molecular weight is 243 g/mol. The van der Waals surface area contributed by atoms with Crippen LogP contribution in [0.2, 0.25) is 0 Å². The van der Waals surface area contributed by atoms with Gasteiger partial charge in [-0.15, -0.1) is 10.5 Å². The Kier molecular flexibility index (Phi) is 3.78. The Bertz CT molecular complexity index is 511. The third-order valence-electron chi connectivity index (χ3n) is 1.78. The van der Waals surface area contributed by atoms with Crippen molar-refractivity contribution in [2.45, 2.75) is 4.90 Å². The van der Waals surface area contributed by atoms with Gasteiger partial charge in [0.25, 0.3) is 5.91 Å². The highest BCUT2D eigenvalue weighted by atomic mass is 32.3. The highest BCUT2D eigenvalue weighted by Gasteiger charge is 2.14. The Morgan fingerprint density at radius 1 is 1.50 bits per heavy atom. The molecule has 0 atom stereocenters. The molecule has 1 N–H and O–H groups in total. The number of benzene rings is 1. The van der Waals surface area contributed by atoms with Gasteiger partial charge in [-0.1, -0.05) is 12.1 Å². The molecule has 0 unspecified atom stereocenters. The molecule has 0 fully saturated rings. The molecule has 4 nitrogen and oxygen atoms in total. The van der Waals surface area contributed by atoms with Gasteiger partial charge in [0.05, 0.1) is 4.90 Å². The molecule has 6 heteroatoms. The van der Waals surface area contributed by atoms with Crippen molar-refractivity contribution in [1.82, 2.24) is 5.32 Å². The molecule has 0 aliphatic heterocycles. The van der Waals surface area contributed by atoms with Crippen LogP contribution in [0.1, 0.15) is 10.4 Å². The van der Waals surface area contributed by atoms with Crippen LogP contribution in [-0.4, -0.2) is 20.9 Å². The van der Waals surface area contributed by atoms with Gasteiger partial charge in [0, 0.05) is 12.1 Å². The third kappa shape index (κ3) is 3.16. The van der Waals surface area contributed by atoms with E-state index in [1.165, 1.54) is 18.2 Å². The zero-order valence-corrected chi connectivity index (χ0v) is 9.13. The Labute approximate surface area is 93.0 Å². The lowest BCUT2D eigenvalue weighted by atomic mass is 10.2. The first-order valence-corrected chi connectivity index (χ1v) is 5.77. The van der Waals surface area contributed by atoms with Crippen molar-refractivity contribution in [2.24, 2.45) is 0 Å². The van der Waals surface area contributed by atoms with E-state index in [9.17, 15) is 17.1 Å². The third-order valence-corrected chi connectivity index (χ3v) is 2.60. The van der Waals surface area contributed by atoms with E-state index in [1.807, 2.05) is 0 Å². The summed E-state index contributed by atoms with van der Waals surface area (Å²) in [4.78, 5) is 10.9. The van der Waals surface area contributed by atoms with Gasteiger partial charge >= 0.3 is 10.2 Å². The zero-order chi connectivity index (χ0) is 12.2. The van der Waals surface area contributed by atoms with Crippen LogP contribution in [0.25, 0.3) is 0 Å². The molecule has 1 rings (SSSR count). The molecular weight excluding hydrogens is 233 g/mol. The summed E-state index contributed by atoms with van der Waals surface area (Å²) in [5.74, 6) is -0.481. The molecule has 0 aromatic heterocycles. The van der Waals surface area contributed by atoms with Gasteiger partial charge in [-0.2, -0.15) is 8.42 Å². The Balaban J connectivity index is 2.99. The number of amides is 1. The summed E-state index contributed by atoms with van der Waals surface area (Å²) in [5, 5.41) is 2.45. The fraction of sp³-hybridized carbons (Fsp3) is 0.100. The Hall–Kier alpha value is -1.69. The number of rotatable bonds is 4. The first kappa shape index (κ1) is 12.4. The number of carbonyl (C=O) groups is 1. The molecule has 0 heterocycles. The first-order chi connectivity index (χ1) is 7.45. The summed E-state index contributed by atoms with van der Waals surface area (Å²) in [7, 11) is -4.78. The lowest BCUT2D eigenvalue weighted by molar-refractivity contribution is 0.0958. The molecule has 1 amide bonds. The second-order valence-electron chi connectivity index (χ2n) is 2.96. The number of nitrogens with one attached hydrogen (secondary N) is 1. The molecule has 86 valence electrons. The minimum Gasteiger partial charge on any atom is -0.349 e. The molecule has 0 saturated carbocycles. The van der Waals surface area contributed by atoms with Crippen LogP contribution in [0.15, 0.2) is 41.8 Å². The van der Waals surface area contributed by atoms with Crippen LogP contribution in [0.5, 0.6) is 0 Å². The number of hydrogen-bond donors (Lipinski definition) is 1. The summed E-state index contributed by atoms with van der Waals surface area (Å²) in [6.07, 6.45) is 1.48. The fourth-order valence-electron chi connectivity index (χ4n) is 1.06. The predicted molar refractivity (Wildman–Crippen MR) is 57.3 cm³/mol. The van der Waals surface area contributed by atoms with E-state index in [4.69, 9.17) is 0 Å². The predicted octanol–water partition coefficient (Wildman–Crippen LogP) is 1.26. The lowest BCUT2D eigenvalue weighted by Gasteiger charge is -2.02. The summed E-state index contributed by atoms with van der Waals surface area (Å²) in [6.45, 7) is 3.67. The SMILES string of the molecule is C=CCNC(=O)c1cccc(S(=O)(=O)F)c1. The smallest absolute Gasteiger partial charge is 0.332 e. The monoisotopic (exact) mass is 243 g/mol. The maximum Gasteiger partial charge on any atom is 0.332 e. The molecule has 0 aliphatic carbocycles. The number of carbonyl (C=O) groups excluding carboxylic acids is 1. The molecule has 0 spiro atoms. The van der Waals surface area contributed by atoms with E-state index in [2.05, 4.69) is 11.9 Å². The standard InChI is InChI=1S/C10H10FNO3S/c1-2-6-12-10(13)8-4-3-5-9(7-8)16(11,14)15/h2-5,7H,1,6H2,(H,12,13). The van der Waals surface area contributed by atoms with E-state index in [-0.39, 0.29) is 12.1 Å². The summed E-state index contributed by atoms with van der Waals surface area (Å²) < 4.78 is 33.9. The first-order valence-electron chi connectivity index (χ1n) is 4.39. The van der Waals surface area contributed by atoms with Crippen molar-refractivity contribution in [1.29, 1.82) is 0 Å². The highest BCUT2D eigenvalue weighted by Crippen LogP contribution is 2.13. The van der Waals surface area contributed by atoms with Crippen LogP contribution in [0.3, 0.4) is 0 Å². The molecule has 0 saturated heterocycles. The fourth-order valence-corrected chi connectivity index (χ4v) is 1.56. The molecule has 1 aromatic carbocycles. The molecule has 16 heavy (non-hydrogen) atoms. The zero-order valence-electron chi connectivity index (χ0n) is 8.31. The van der Waals surface area contributed by atoms with Crippen LogP contribution in [0.4, 0.5) is 3.89 Å². The number of halogens is 1. The van der Waals surface area contributed by atoms with Crippen LogP contribution < -0.4 is 5.32 Å². The Morgan fingerprint density at radius 2 is 2.19 bits per heavy atom. The van der Waals surface area contributed by atoms with E-state index < -0.39 is 21.0 Å². The van der Waals surface area contributed by atoms with Crippen LogP contribution in [0, 0.1) is 0 Å². The van der Waals surface area contributed by atoms with Crippen LogP contribution >= 0.6 is 0 Å². The average Bonchev–Trinajstić information content (AvgIpc) is 2.25. The quantitative estimate of drug-likeness (QED) is 0.639. The van der Waals surface area contributed by atoms with Crippen molar-refractivity contribution < 1.29 is 17.1 Å². The van der Waals surface area contributed by atoms with E-state index >= 15 is 0 Å². The van der Waals surface area contributed by atoms with Gasteiger partial charge in [0.1, 0.15) is 0 Å². The van der Waals surface area contributed by atoms with Crippen molar-refractivity contribution >= 4 is 16.1 Å². The van der Waals surface area contributed by atoms with E-state index in [1.54, 1.807) is 0 Å². The molecule has 0 radical (unpaired) electrons. The second-order valence-corrected chi connectivity index (χ2v) is 4.31. The maximum atomic E-state index is 12.6. The molecular formula is C10H10FNO3S. The van der Waals surface area contributed by atoms with Gasteiger partial charge < -0.3 is 5.32 Å². The van der Waals surface area contributed by atoms with Crippen molar-refractivity contribution in [3.63, 3.8) is 0 Å². The summed E-state index contributed by atoms with van der Waals surface area (Å²) in [6, 6.07) is 4.76. The molecule has 0 bridgehead atoms. The van der Waals surface area contributed by atoms with Gasteiger partial charge in [0.2, 0.25) is 0 Å². The van der Waals surface area contributed by atoms with Crippen molar-refractivity contribution in [2.75, 3.05) is 6.54 Å². The number of hydrogen-bond acceptors (Lipinski definition) is 3. The van der Waals surface area contributed by atoms with Gasteiger partial charge in [-0.05, 0) is 18.2 Å². The highest BCUT2D eigenvalue weighted by molar-refractivity contribution is 7.86. The molecule has 0 aliphatic rings. The van der Waals surface area contributed by atoms with Crippen molar-refractivity contribution in [3.05, 3.63) is 42.5 Å². The normalized spacial score (nSPS) is 10.8.